The summed E-state index contributed by atoms with van der Waals surface area (Å²) in [6.45, 7) is 0. The first-order valence-corrected chi connectivity index (χ1v) is 13.9. The van der Waals surface area contributed by atoms with Crippen molar-refractivity contribution in [1.29, 1.82) is 0 Å². The highest BCUT2D eigenvalue weighted by atomic mass is 79.9. The van der Waals surface area contributed by atoms with Crippen LogP contribution in [0.15, 0.2) is 99.2 Å². The second kappa shape index (κ2) is 10.00. The second-order valence-electron chi connectivity index (χ2n) is 9.23. The van der Waals surface area contributed by atoms with E-state index in [0.717, 1.165) is 11.8 Å². The largest absolute Gasteiger partial charge is 0.272 e. The summed E-state index contributed by atoms with van der Waals surface area (Å²) in [5.41, 5.74) is 7.53. The van der Waals surface area contributed by atoms with E-state index in [1.807, 2.05) is 29.5 Å². The zero-order valence-corrected chi connectivity index (χ0v) is 22.2. The molecular weight excluding hydrogens is 528 g/mol. The van der Waals surface area contributed by atoms with Gasteiger partial charge >= 0.3 is 0 Å². The quantitative estimate of drug-likeness (QED) is 0.239. The number of fused-ring (bicyclic) bond motifs is 5. The van der Waals surface area contributed by atoms with Crippen LogP contribution < -0.4 is 5.56 Å². The van der Waals surface area contributed by atoms with Crippen LogP contribution in [0.25, 0.3) is 27.1 Å². The van der Waals surface area contributed by atoms with E-state index in [4.69, 9.17) is 0 Å². The Morgan fingerprint density at radius 3 is 2.67 bits per heavy atom. The van der Waals surface area contributed by atoms with Crippen molar-refractivity contribution < 1.29 is 0 Å². The summed E-state index contributed by atoms with van der Waals surface area (Å²) < 4.78 is 1.21. The zero-order chi connectivity index (χ0) is 24.5. The Labute approximate surface area is 222 Å². The molecule has 3 nitrogen and oxygen atoms in total. The molecule has 0 aliphatic heterocycles. The Balaban J connectivity index is 0.000000183. The Bertz CT molecular complexity index is 1700. The highest BCUT2D eigenvalue weighted by Gasteiger charge is 2.21. The zero-order valence-electron chi connectivity index (χ0n) is 19.8. The molecule has 0 unspecified atom stereocenters. The molecule has 0 saturated carbocycles. The standard InChI is InChI=1S/C23H19BrS.C8H6N2O/c24-22-13-10-18(25-22)14-17-6-3-5-16-9-11-20-19-7-2-1-4-15(19)8-12-21(20)23(16)17;11-8-7-4-2-1-3-6(7)5-9-10-8/h2-3,5-7,9-11,13H,1,4,8,12,14H2;1-5H,(H,10,11). The molecule has 2 aromatic heterocycles. The maximum absolute atomic E-state index is 11.1. The molecule has 0 atom stereocenters. The number of hydrogen-bond donors (Lipinski definition) is 1. The highest BCUT2D eigenvalue weighted by molar-refractivity contribution is 9.11. The molecule has 36 heavy (non-hydrogen) atoms. The summed E-state index contributed by atoms with van der Waals surface area (Å²) >= 11 is 5.44. The summed E-state index contributed by atoms with van der Waals surface area (Å²) in [6.07, 6.45) is 12.2. The first-order valence-electron chi connectivity index (χ1n) is 12.3. The van der Waals surface area contributed by atoms with Crippen molar-refractivity contribution >= 4 is 54.4 Å². The van der Waals surface area contributed by atoms with Crippen molar-refractivity contribution in [2.45, 2.75) is 32.1 Å². The Kier molecular flexibility index (Phi) is 6.43. The normalized spacial score (nSPS) is 14.4. The minimum Gasteiger partial charge on any atom is -0.267 e. The van der Waals surface area contributed by atoms with Crippen LogP contribution in [-0.2, 0) is 12.8 Å². The Morgan fingerprint density at radius 1 is 0.917 bits per heavy atom. The molecule has 0 radical (unpaired) electrons. The van der Waals surface area contributed by atoms with Crippen LogP contribution in [0, 0.1) is 0 Å². The average molecular weight is 554 g/mol. The predicted molar refractivity (Wildman–Crippen MR) is 155 cm³/mol. The van der Waals surface area contributed by atoms with Gasteiger partial charge in [-0.1, -0.05) is 66.3 Å². The van der Waals surface area contributed by atoms with E-state index in [0.29, 0.717) is 5.39 Å². The van der Waals surface area contributed by atoms with Crippen molar-refractivity contribution in [1.82, 2.24) is 10.2 Å². The third-order valence-corrected chi connectivity index (χ3v) is 8.68. The van der Waals surface area contributed by atoms with Crippen molar-refractivity contribution in [2.24, 2.45) is 0 Å². The molecule has 0 amide bonds. The fourth-order valence-electron chi connectivity index (χ4n) is 5.39. The molecule has 3 aromatic carbocycles. The fraction of sp³-hybridized carbons (Fsp3) is 0.161. The molecule has 1 N–H and O–H groups in total. The molecule has 7 rings (SSSR count). The van der Waals surface area contributed by atoms with E-state index in [2.05, 4.69) is 80.7 Å². The summed E-state index contributed by atoms with van der Waals surface area (Å²) in [7, 11) is 0. The first kappa shape index (κ1) is 23.1. The van der Waals surface area contributed by atoms with Crippen LogP contribution in [0.3, 0.4) is 0 Å². The summed E-state index contributed by atoms with van der Waals surface area (Å²) in [5, 5.41) is 10.5. The van der Waals surface area contributed by atoms with Crippen LogP contribution >= 0.6 is 27.3 Å². The van der Waals surface area contributed by atoms with Gasteiger partial charge in [0, 0.05) is 22.1 Å². The summed E-state index contributed by atoms with van der Waals surface area (Å²) in [5.74, 6) is 0. The molecule has 0 saturated heterocycles. The van der Waals surface area contributed by atoms with Gasteiger partial charge < -0.3 is 0 Å². The minimum absolute atomic E-state index is 0.136. The third-order valence-electron chi connectivity index (χ3n) is 7.05. The van der Waals surface area contributed by atoms with Gasteiger partial charge in [0.25, 0.3) is 5.56 Å². The minimum atomic E-state index is -0.136. The number of aromatic amines is 1. The number of aromatic nitrogens is 2. The van der Waals surface area contributed by atoms with E-state index < -0.39 is 0 Å². The van der Waals surface area contributed by atoms with E-state index in [9.17, 15) is 4.79 Å². The van der Waals surface area contributed by atoms with E-state index in [-0.39, 0.29) is 5.56 Å². The molecular formula is C31H25BrN2OS. The number of rotatable bonds is 2. The van der Waals surface area contributed by atoms with Gasteiger partial charge in [0.1, 0.15) is 0 Å². The van der Waals surface area contributed by atoms with E-state index >= 15 is 0 Å². The lowest BCUT2D eigenvalue weighted by Crippen LogP contribution is -2.08. The lowest BCUT2D eigenvalue weighted by molar-refractivity contribution is 0.830. The lowest BCUT2D eigenvalue weighted by atomic mass is 9.78. The maximum Gasteiger partial charge on any atom is 0.272 e. The van der Waals surface area contributed by atoms with Gasteiger partial charge in [0.2, 0.25) is 0 Å². The number of nitrogens with one attached hydrogen (secondary N) is 1. The van der Waals surface area contributed by atoms with Crippen LogP contribution in [0.1, 0.15) is 40.8 Å². The third kappa shape index (κ3) is 4.49. The smallest absolute Gasteiger partial charge is 0.267 e. The van der Waals surface area contributed by atoms with Crippen molar-refractivity contribution in [3.63, 3.8) is 0 Å². The number of aryl methyl sites for hydroxylation is 1. The second-order valence-corrected chi connectivity index (χ2v) is 11.8. The molecule has 0 spiro atoms. The summed E-state index contributed by atoms with van der Waals surface area (Å²) in [4.78, 5) is 12.5. The molecule has 2 aliphatic rings. The first-order chi connectivity index (χ1) is 17.7. The number of halogens is 1. The van der Waals surface area contributed by atoms with Gasteiger partial charge in [-0.2, -0.15) is 5.10 Å². The van der Waals surface area contributed by atoms with Crippen LogP contribution in [0.5, 0.6) is 0 Å². The number of H-pyrrole nitrogens is 1. The van der Waals surface area contributed by atoms with Crippen molar-refractivity contribution in [2.75, 3.05) is 0 Å². The summed E-state index contributed by atoms with van der Waals surface area (Å²) in [6, 6.07) is 23.2. The molecule has 5 heteroatoms. The fourth-order valence-corrected chi connectivity index (χ4v) is 6.90. The number of allylic oxidation sites excluding steroid dienone is 4. The van der Waals surface area contributed by atoms with Crippen molar-refractivity contribution in [3.8, 4) is 0 Å². The van der Waals surface area contributed by atoms with Crippen LogP contribution in [0.4, 0.5) is 0 Å². The van der Waals surface area contributed by atoms with Crippen molar-refractivity contribution in [3.05, 3.63) is 126 Å². The van der Waals surface area contributed by atoms with Gasteiger partial charge in [-0.3, -0.25) is 4.79 Å². The molecule has 5 aromatic rings. The van der Waals surface area contributed by atoms with Gasteiger partial charge in [-0.05, 0) is 92.8 Å². The number of thiophene rings is 1. The van der Waals surface area contributed by atoms with Crippen LogP contribution in [-0.4, -0.2) is 10.2 Å². The van der Waals surface area contributed by atoms with Gasteiger partial charge in [-0.15, -0.1) is 11.3 Å². The SMILES string of the molecule is Brc1ccc(Cc2cccc3ccc4c(c23)CCC2=C4C=CCC2)s1.O=c1[nH]ncc2ccccc12. The monoisotopic (exact) mass is 552 g/mol. The number of benzene rings is 3. The number of hydrogen-bond acceptors (Lipinski definition) is 3. The predicted octanol–water partition coefficient (Wildman–Crippen LogP) is 8.23. The Morgan fingerprint density at radius 2 is 1.81 bits per heavy atom. The number of nitrogens with zero attached hydrogens (tertiary/aromatic N) is 1. The molecule has 2 heterocycles. The average Bonchev–Trinajstić information content (AvgIpc) is 3.33. The Hall–Kier alpha value is -3.28. The van der Waals surface area contributed by atoms with Gasteiger partial charge in [0.15, 0.2) is 0 Å². The van der Waals surface area contributed by atoms with Crippen LogP contribution in [0.2, 0.25) is 0 Å². The van der Waals surface area contributed by atoms with Gasteiger partial charge in [0.05, 0.1) is 9.98 Å². The van der Waals surface area contributed by atoms with E-state index in [1.165, 1.54) is 61.8 Å². The molecule has 178 valence electrons. The van der Waals surface area contributed by atoms with Gasteiger partial charge in [-0.25, -0.2) is 5.10 Å². The lowest BCUT2D eigenvalue weighted by Gasteiger charge is -2.26. The molecule has 0 bridgehead atoms. The van der Waals surface area contributed by atoms with E-state index in [1.54, 1.807) is 23.4 Å². The molecule has 0 fully saturated rings. The maximum atomic E-state index is 11.1. The molecule has 2 aliphatic carbocycles. The highest BCUT2D eigenvalue weighted by Crippen LogP contribution is 2.41. The topological polar surface area (TPSA) is 45.8 Å².